The predicted octanol–water partition coefficient (Wildman–Crippen LogP) is 4.50. The highest BCUT2D eigenvalue weighted by Gasteiger charge is 2.23. The Morgan fingerprint density at radius 2 is 1.92 bits per heavy atom. The highest BCUT2D eigenvalue weighted by molar-refractivity contribution is 7.99. The van der Waals surface area contributed by atoms with Crippen molar-refractivity contribution in [1.29, 1.82) is 0 Å². The lowest BCUT2D eigenvalue weighted by atomic mass is 10.1. The molecular weight excluding hydrogens is 348 g/mol. The third kappa shape index (κ3) is 4.03. The summed E-state index contributed by atoms with van der Waals surface area (Å²) in [4.78, 5) is 10.4. The van der Waals surface area contributed by atoms with Crippen LogP contribution in [-0.2, 0) is 4.79 Å². The third-order valence-electron chi connectivity index (χ3n) is 3.74. The summed E-state index contributed by atoms with van der Waals surface area (Å²) in [5.74, 6) is 1.93. The quantitative estimate of drug-likeness (QED) is 0.490. The van der Waals surface area contributed by atoms with E-state index in [2.05, 4.69) is 10.2 Å². The van der Waals surface area contributed by atoms with Gasteiger partial charge >= 0.3 is 0 Å². The van der Waals surface area contributed by atoms with Gasteiger partial charge in [0.05, 0.1) is 0 Å². The van der Waals surface area contributed by atoms with Gasteiger partial charge < -0.3 is 9.52 Å². The van der Waals surface area contributed by atoms with Gasteiger partial charge in [-0.2, -0.15) is 0 Å². The molecule has 0 saturated carbocycles. The molecular formula is C20H18N2O3S. The molecule has 0 fully saturated rings. The van der Waals surface area contributed by atoms with Gasteiger partial charge in [-0.05, 0) is 35.6 Å². The Morgan fingerprint density at radius 1 is 1.15 bits per heavy atom. The summed E-state index contributed by atoms with van der Waals surface area (Å²) in [5, 5.41) is 18.3. The lowest BCUT2D eigenvalue weighted by Crippen LogP contribution is -1.98. The molecule has 6 heteroatoms. The average molecular weight is 366 g/mol. The van der Waals surface area contributed by atoms with Gasteiger partial charge in [0.15, 0.2) is 0 Å². The number of carbonyl (C=O) groups excluding carboxylic acids is 1. The molecule has 0 aliphatic carbocycles. The van der Waals surface area contributed by atoms with Gasteiger partial charge in [0.25, 0.3) is 0 Å². The molecule has 1 aromatic heterocycles. The number of para-hydroxylation sites is 1. The van der Waals surface area contributed by atoms with Gasteiger partial charge in [-0.3, -0.25) is 4.79 Å². The predicted molar refractivity (Wildman–Crippen MR) is 103 cm³/mol. The van der Waals surface area contributed by atoms with Crippen molar-refractivity contribution in [2.75, 3.05) is 5.75 Å². The molecule has 0 aliphatic heterocycles. The minimum atomic E-state index is -0.225. The number of aldehydes is 1. The normalized spacial score (nSPS) is 12.3. The number of phenols is 1. The van der Waals surface area contributed by atoms with E-state index in [0.717, 1.165) is 28.7 Å². The number of hydrogen-bond acceptors (Lipinski definition) is 6. The van der Waals surface area contributed by atoms with Gasteiger partial charge in [0.1, 0.15) is 17.3 Å². The number of hydrogen-bond donors (Lipinski definition) is 1. The van der Waals surface area contributed by atoms with Crippen molar-refractivity contribution in [1.82, 2.24) is 10.2 Å². The number of phenolic OH excluding ortho intramolecular Hbond substituents is 1. The Hall–Kier alpha value is -2.86. The highest BCUT2D eigenvalue weighted by Crippen LogP contribution is 2.39. The largest absolute Gasteiger partial charge is 0.508 e. The number of aromatic nitrogens is 2. The van der Waals surface area contributed by atoms with Crippen molar-refractivity contribution in [2.24, 2.45) is 0 Å². The van der Waals surface area contributed by atoms with Crippen LogP contribution < -0.4 is 0 Å². The first-order valence-corrected chi connectivity index (χ1v) is 9.23. The maximum absolute atomic E-state index is 10.4. The van der Waals surface area contributed by atoms with Gasteiger partial charge in [0.2, 0.25) is 11.8 Å². The summed E-state index contributed by atoms with van der Waals surface area (Å²) >= 11 is 1.62. The fraction of sp³-hybridized carbons (Fsp3) is 0.150. The lowest BCUT2D eigenvalue weighted by molar-refractivity contribution is -0.104. The zero-order chi connectivity index (χ0) is 18.4. The topological polar surface area (TPSA) is 76.2 Å². The van der Waals surface area contributed by atoms with Crippen molar-refractivity contribution in [3.8, 4) is 17.2 Å². The molecule has 1 N–H and O–H groups in total. The second-order valence-corrected chi connectivity index (χ2v) is 6.84. The molecule has 1 heterocycles. The second kappa shape index (κ2) is 8.49. The molecule has 0 aliphatic rings. The monoisotopic (exact) mass is 366 g/mol. The Bertz CT molecular complexity index is 903. The molecule has 0 radical (unpaired) electrons. The Morgan fingerprint density at radius 3 is 2.62 bits per heavy atom. The number of thioether (sulfide) groups is 1. The number of nitrogens with zero attached hydrogens (tertiary/aromatic N) is 2. The summed E-state index contributed by atoms with van der Waals surface area (Å²) in [7, 11) is 0. The van der Waals surface area contributed by atoms with Gasteiger partial charge in [0, 0.05) is 11.1 Å². The van der Waals surface area contributed by atoms with Crippen molar-refractivity contribution >= 4 is 24.1 Å². The number of benzene rings is 2. The maximum atomic E-state index is 10.4. The van der Waals surface area contributed by atoms with E-state index in [-0.39, 0.29) is 11.0 Å². The van der Waals surface area contributed by atoms with Crippen LogP contribution in [0.2, 0.25) is 0 Å². The molecule has 1 unspecified atom stereocenters. The molecule has 2 aromatic carbocycles. The second-order valence-electron chi connectivity index (χ2n) is 5.46. The fourth-order valence-electron chi connectivity index (χ4n) is 2.51. The van der Waals surface area contributed by atoms with Crippen LogP contribution >= 0.6 is 11.8 Å². The number of allylic oxidation sites excluding steroid dienone is 1. The van der Waals surface area contributed by atoms with Crippen LogP contribution in [0.15, 0.2) is 59.0 Å². The van der Waals surface area contributed by atoms with Gasteiger partial charge in [-0.25, -0.2) is 0 Å². The van der Waals surface area contributed by atoms with Crippen LogP contribution in [-0.4, -0.2) is 27.3 Å². The zero-order valence-electron chi connectivity index (χ0n) is 14.2. The Balaban J connectivity index is 1.88. The average Bonchev–Trinajstić information content (AvgIpc) is 3.15. The van der Waals surface area contributed by atoms with E-state index in [1.807, 2.05) is 43.3 Å². The first kappa shape index (κ1) is 17.9. The molecule has 0 bridgehead atoms. The number of carbonyl (C=O) groups is 1. The molecule has 0 amide bonds. The molecule has 132 valence electrons. The van der Waals surface area contributed by atoms with E-state index in [0.29, 0.717) is 11.8 Å². The maximum Gasteiger partial charge on any atom is 0.247 e. The summed E-state index contributed by atoms with van der Waals surface area (Å²) in [6.07, 6.45) is 3.91. The Labute approximate surface area is 155 Å². The number of aromatic hydroxyl groups is 1. The van der Waals surface area contributed by atoms with Crippen molar-refractivity contribution in [3.05, 3.63) is 71.6 Å². The zero-order valence-corrected chi connectivity index (χ0v) is 15.0. The molecule has 0 saturated heterocycles. The van der Waals surface area contributed by atoms with E-state index in [1.54, 1.807) is 30.0 Å². The Kier molecular flexibility index (Phi) is 5.86. The van der Waals surface area contributed by atoms with Crippen LogP contribution in [0.1, 0.15) is 29.2 Å². The van der Waals surface area contributed by atoms with Crippen molar-refractivity contribution in [2.45, 2.75) is 12.2 Å². The SMILES string of the molecule is CCSC(c1nnc(-c2ccc(C=CC=O)cc2)o1)c1ccccc1O. The molecule has 3 aromatic rings. The van der Waals surface area contributed by atoms with Crippen LogP contribution in [0.3, 0.4) is 0 Å². The minimum absolute atomic E-state index is 0.213. The van der Waals surface area contributed by atoms with E-state index >= 15 is 0 Å². The third-order valence-corrected chi connectivity index (χ3v) is 4.86. The first-order chi connectivity index (χ1) is 12.7. The van der Waals surface area contributed by atoms with Crippen LogP contribution in [0, 0.1) is 0 Å². The summed E-state index contributed by atoms with van der Waals surface area (Å²) in [5.41, 5.74) is 2.46. The van der Waals surface area contributed by atoms with E-state index < -0.39 is 0 Å². The van der Waals surface area contributed by atoms with Gasteiger partial charge in [-0.15, -0.1) is 22.0 Å². The highest BCUT2D eigenvalue weighted by atomic mass is 32.2. The van der Waals surface area contributed by atoms with Crippen molar-refractivity contribution in [3.63, 3.8) is 0 Å². The molecule has 3 rings (SSSR count). The summed E-state index contributed by atoms with van der Waals surface area (Å²) in [6.45, 7) is 2.04. The fourth-order valence-corrected chi connectivity index (χ4v) is 3.46. The van der Waals surface area contributed by atoms with Gasteiger partial charge in [-0.1, -0.05) is 43.3 Å². The molecule has 1 atom stereocenters. The molecule has 5 nitrogen and oxygen atoms in total. The van der Waals surface area contributed by atoms with E-state index in [1.165, 1.54) is 6.08 Å². The number of rotatable bonds is 7. The summed E-state index contributed by atoms with van der Waals surface area (Å²) in [6, 6.07) is 14.7. The van der Waals surface area contributed by atoms with Crippen LogP contribution in [0.25, 0.3) is 17.5 Å². The lowest BCUT2D eigenvalue weighted by Gasteiger charge is -2.13. The minimum Gasteiger partial charge on any atom is -0.508 e. The van der Waals surface area contributed by atoms with E-state index in [9.17, 15) is 9.90 Å². The van der Waals surface area contributed by atoms with Crippen LogP contribution in [0.5, 0.6) is 5.75 Å². The summed E-state index contributed by atoms with van der Waals surface area (Å²) < 4.78 is 5.89. The van der Waals surface area contributed by atoms with Crippen molar-refractivity contribution < 1.29 is 14.3 Å². The molecule has 26 heavy (non-hydrogen) atoms. The standard InChI is InChI=1S/C20H18N2O3S/c1-2-26-18(16-7-3-4-8-17(16)24)20-22-21-19(25-20)15-11-9-14(10-12-15)6-5-13-23/h3-13,18,24H,2H2,1H3. The van der Waals surface area contributed by atoms with E-state index in [4.69, 9.17) is 4.42 Å². The van der Waals surface area contributed by atoms with Crippen LogP contribution in [0.4, 0.5) is 0 Å². The molecule has 0 spiro atoms. The smallest absolute Gasteiger partial charge is 0.247 e. The first-order valence-electron chi connectivity index (χ1n) is 8.18.